The molecular formula is C31H49NO8. The number of esters is 4. The lowest BCUT2D eigenvalue weighted by atomic mass is 10.0. The van der Waals surface area contributed by atoms with Crippen LogP contribution in [-0.2, 0) is 35.1 Å². The van der Waals surface area contributed by atoms with Crippen molar-refractivity contribution in [1.29, 1.82) is 0 Å². The van der Waals surface area contributed by atoms with Crippen molar-refractivity contribution in [2.75, 3.05) is 0 Å². The van der Waals surface area contributed by atoms with Crippen LogP contribution in [0.2, 0.25) is 0 Å². The van der Waals surface area contributed by atoms with Gasteiger partial charge >= 0.3 is 23.9 Å². The van der Waals surface area contributed by atoms with E-state index < -0.39 is 36.2 Å². The molecule has 226 valence electrons. The Hall–Kier alpha value is -2.94. The molecule has 0 saturated carbocycles. The van der Waals surface area contributed by atoms with Crippen molar-refractivity contribution in [2.45, 2.75) is 125 Å². The van der Waals surface area contributed by atoms with E-state index in [1.165, 1.54) is 6.07 Å². The molecule has 40 heavy (non-hydrogen) atoms. The maximum Gasteiger partial charge on any atom is 0.323 e. The highest BCUT2D eigenvalue weighted by molar-refractivity contribution is 5.78. The van der Waals surface area contributed by atoms with Crippen molar-refractivity contribution >= 4 is 23.9 Å². The molecule has 0 aliphatic carbocycles. The third-order valence-corrected chi connectivity index (χ3v) is 6.90. The van der Waals surface area contributed by atoms with Crippen LogP contribution in [-0.4, -0.2) is 42.1 Å². The van der Waals surface area contributed by atoms with Gasteiger partial charge in [0.25, 0.3) is 0 Å². The largest absolute Gasteiger partial charge is 0.459 e. The molecule has 0 aliphatic heterocycles. The van der Waals surface area contributed by atoms with Gasteiger partial charge in [0, 0.05) is 19.3 Å². The van der Waals surface area contributed by atoms with Gasteiger partial charge in [-0.05, 0) is 56.2 Å². The van der Waals surface area contributed by atoms with Gasteiger partial charge in [-0.1, -0.05) is 66.4 Å². The lowest BCUT2D eigenvalue weighted by molar-refractivity contribution is -0.166. The van der Waals surface area contributed by atoms with E-state index in [4.69, 9.17) is 24.7 Å². The van der Waals surface area contributed by atoms with E-state index >= 15 is 0 Å². The second kappa shape index (κ2) is 18.4. The number of carbonyl (C=O) groups is 4. The molecule has 2 N–H and O–H groups in total. The van der Waals surface area contributed by atoms with Gasteiger partial charge in [-0.3, -0.25) is 19.2 Å². The number of rotatable bonds is 18. The van der Waals surface area contributed by atoms with E-state index in [9.17, 15) is 19.2 Å². The Kier molecular flexibility index (Phi) is 16.2. The Labute approximate surface area is 239 Å². The smallest absolute Gasteiger partial charge is 0.323 e. The first-order valence-corrected chi connectivity index (χ1v) is 14.6. The van der Waals surface area contributed by atoms with Crippen molar-refractivity contribution in [3.63, 3.8) is 0 Å². The Morgan fingerprint density at radius 3 is 1.85 bits per heavy atom. The molecule has 1 aromatic rings. The summed E-state index contributed by atoms with van der Waals surface area (Å²) < 4.78 is 21.9. The lowest BCUT2D eigenvalue weighted by Crippen LogP contribution is -2.39. The summed E-state index contributed by atoms with van der Waals surface area (Å²) in [6, 6.07) is 3.74. The van der Waals surface area contributed by atoms with E-state index in [2.05, 4.69) is 6.92 Å². The van der Waals surface area contributed by atoms with Gasteiger partial charge in [0.15, 0.2) is 11.5 Å². The average molecular weight is 564 g/mol. The summed E-state index contributed by atoms with van der Waals surface area (Å²) in [5, 5.41) is 0. The second-order valence-electron chi connectivity index (χ2n) is 10.8. The molecule has 0 radical (unpaired) electrons. The number of ether oxygens (including phenoxy) is 4. The SMILES string of the molecule is CCCCCC(=O)OC(C)[C@H](C)OC(=O)[C@@H](N)Cc1ccc(OC(=O)CC(C)CC)c(OC(=O)CC(C)CC)c1. The van der Waals surface area contributed by atoms with Crippen LogP contribution in [0.15, 0.2) is 18.2 Å². The molecule has 9 nitrogen and oxygen atoms in total. The van der Waals surface area contributed by atoms with Crippen molar-refractivity contribution in [3.05, 3.63) is 23.8 Å². The van der Waals surface area contributed by atoms with Crippen LogP contribution in [0.25, 0.3) is 0 Å². The fourth-order valence-electron chi connectivity index (χ4n) is 3.61. The molecule has 1 rings (SSSR count). The zero-order valence-corrected chi connectivity index (χ0v) is 25.3. The molecule has 0 aromatic heterocycles. The number of carbonyl (C=O) groups excluding carboxylic acids is 4. The summed E-state index contributed by atoms with van der Waals surface area (Å²) in [5.41, 5.74) is 6.73. The fraction of sp³-hybridized carbons (Fsp3) is 0.677. The van der Waals surface area contributed by atoms with Gasteiger partial charge in [0.1, 0.15) is 18.2 Å². The van der Waals surface area contributed by atoms with Gasteiger partial charge in [-0.25, -0.2) is 0 Å². The minimum Gasteiger partial charge on any atom is -0.459 e. The molecule has 1 aromatic carbocycles. The minimum absolute atomic E-state index is 0.0910. The van der Waals surface area contributed by atoms with Gasteiger partial charge in [-0.15, -0.1) is 0 Å². The predicted octanol–water partition coefficient (Wildman–Crippen LogP) is 5.68. The number of unbranched alkanes of at least 4 members (excludes halogenated alkanes) is 2. The topological polar surface area (TPSA) is 131 Å². The predicted molar refractivity (Wildman–Crippen MR) is 153 cm³/mol. The van der Waals surface area contributed by atoms with Gasteiger partial charge in [0.05, 0.1) is 0 Å². The first kappa shape index (κ1) is 35.1. The maximum atomic E-state index is 12.7. The third-order valence-electron chi connectivity index (χ3n) is 6.90. The summed E-state index contributed by atoms with van der Waals surface area (Å²) in [6.07, 6.45) is 3.92. The Bertz CT molecular complexity index is 963. The van der Waals surface area contributed by atoms with Crippen LogP contribution in [0, 0.1) is 11.8 Å². The molecule has 0 spiro atoms. The summed E-state index contributed by atoms with van der Waals surface area (Å²) in [4.78, 5) is 49.6. The molecule has 0 heterocycles. The van der Waals surface area contributed by atoms with E-state index in [-0.39, 0.29) is 48.6 Å². The van der Waals surface area contributed by atoms with E-state index in [0.717, 1.165) is 32.1 Å². The van der Waals surface area contributed by atoms with Crippen molar-refractivity contribution < 1.29 is 38.1 Å². The maximum absolute atomic E-state index is 12.7. The number of benzene rings is 1. The first-order valence-electron chi connectivity index (χ1n) is 14.6. The Morgan fingerprint density at radius 2 is 1.30 bits per heavy atom. The molecule has 3 unspecified atom stereocenters. The average Bonchev–Trinajstić information content (AvgIpc) is 2.89. The highest BCUT2D eigenvalue weighted by Crippen LogP contribution is 2.31. The summed E-state index contributed by atoms with van der Waals surface area (Å²) >= 11 is 0. The van der Waals surface area contributed by atoms with E-state index in [0.29, 0.717) is 12.0 Å². The molecule has 5 atom stereocenters. The first-order chi connectivity index (χ1) is 18.9. The quantitative estimate of drug-likeness (QED) is 0.136. The molecular weight excluding hydrogens is 514 g/mol. The van der Waals surface area contributed by atoms with Gasteiger partial charge in [0.2, 0.25) is 0 Å². The van der Waals surface area contributed by atoms with Gasteiger partial charge < -0.3 is 24.7 Å². The van der Waals surface area contributed by atoms with Gasteiger partial charge in [-0.2, -0.15) is 0 Å². The van der Waals surface area contributed by atoms with E-state index in [1.54, 1.807) is 26.0 Å². The monoisotopic (exact) mass is 563 g/mol. The highest BCUT2D eigenvalue weighted by Gasteiger charge is 2.25. The molecule has 0 saturated heterocycles. The number of nitrogens with two attached hydrogens (primary N) is 1. The molecule has 0 fully saturated rings. The standard InChI is InChI=1S/C31H49NO8/c1-8-11-12-13-28(33)37-22(6)23(7)38-31(36)25(32)18-24-14-15-26(39-29(34)16-20(4)9-2)27(19-24)40-30(35)17-21(5)10-3/h14-15,19-23,25H,8-13,16-18,32H2,1-7H3/t20?,21?,22?,23-,25-/m0/s1. The second-order valence-corrected chi connectivity index (χ2v) is 10.8. The molecule has 0 bridgehead atoms. The number of hydrogen-bond acceptors (Lipinski definition) is 9. The number of hydrogen-bond donors (Lipinski definition) is 1. The zero-order valence-electron chi connectivity index (χ0n) is 25.3. The van der Waals surface area contributed by atoms with Crippen molar-refractivity contribution in [2.24, 2.45) is 17.6 Å². The lowest BCUT2D eigenvalue weighted by Gasteiger charge is -2.22. The van der Waals surface area contributed by atoms with E-state index in [1.807, 2.05) is 27.7 Å². The van der Waals surface area contributed by atoms with Crippen LogP contribution in [0.4, 0.5) is 0 Å². The molecule has 9 heteroatoms. The Balaban J connectivity index is 2.90. The fourth-order valence-corrected chi connectivity index (χ4v) is 3.61. The van der Waals surface area contributed by atoms with Crippen LogP contribution in [0.5, 0.6) is 11.5 Å². The van der Waals surface area contributed by atoms with Crippen LogP contribution in [0.3, 0.4) is 0 Å². The summed E-state index contributed by atoms with van der Waals surface area (Å²) in [7, 11) is 0. The van der Waals surface area contributed by atoms with Crippen LogP contribution < -0.4 is 15.2 Å². The van der Waals surface area contributed by atoms with Crippen LogP contribution in [0.1, 0.15) is 105 Å². The normalized spacial score (nSPS) is 14.8. The highest BCUT2D eigenvalue weighted by atomic mass is 16.6. The summed E-state index contributed by atoms with van der Waals surface area (Å²) in [6.45, 7) is 13.3. The summed E-state index contributed by atoms with van der Waals surface area (Å²) in [5.74, 6) is -1.32. The molecule has 0 amide bonds. The van der Waals surface area contributed by atoms with Crippen molar-refractivity contribution in [3.8, 4) is 11.5 Å². The molecule has 0 aliphatic rings. The van der Waals surface area contributed by atoms with Crippen molar-refractivity contribution in [1.82, 2.24) is 0 Å². The minimum atomic E-state index is -1.02. The zero-order chi connectivity index (χ0) is 30.2. The third kappa shape index (κ3) is 13.4. The van der Waals surface area contributed by atoms with Crippen LogP contribution >= 0.6 is 0 Å². The Morgan fingerprint density at radius 1 is 0.750 bits per heavy atom.